The summed E-state index contributed by atoms with van der Waals surface area (Å²) in [4.78, 5) is 34.4. The van der Waals surface area contributed by atoms with Gasteiger partial charge in [-0.1, -0.05) is 6.92 Å². The fourth-order valence-electron chi connectivity index (χ4n) is 3.26. The second-order valence-electron chi connectivity index (χ2n) is 7.44. The van der Waals surface area contributed by atoms with E-state index in [9.17, 15) is 27.2 Å². The number of pyridine rings is 2. The number of hydrogen-bond acceptors (Lipinski definition) is 5. The summed E-state index contributed by atoms with van der Waals surface area (Å²) < 4.78 is 55.6. The van der Waals surface area contributed by atoms with Crippen LogP contribution in [0.4, 0.5) is 23.4 Å². The van der Waals surface area contributed by atoms with Gasteiger partial charge in [0.1, 0.15) is 5.82 Å². The molecule has 0 aliphatic carbocycles. The van der Waals surface area contributed by atoms with Gasteiger partial charge < -0.3 is 15.0 Å². The van der Waals surface area contributed by atoms with E-state index in [1.165, 1.54) is 12.4 Å². The van der Waals surface area contributed by atoms with E-state index in [2.05, 4.69) is 15.3 Å². The number of fused-ring (bicyclic) bond motifs is 1. The van der Waals surface area contributed by atoms with Gasteiger partial charge in [-0.15, -0.1) is 0 Å². The normalized spacial score (nSPS) is 14.5. The highest BCUT2D eigenvalue weighted by Crippen LogP contribution is 2.35. The zero-order chi connectivity index (χ0) is 23.6. The minimum Gasteiger partial charge on any atom is -0.471 e. The molecular weight excluding hydrogens is 432 g/mol. The summed E-state index contributed by atoms with van der Waals surface area (Å²) in [6.45, 7) is 3.73. The number of hydrogen-bond donors (Lipinski definition) is 1. The number of aryl methyl sites for hydroxylation is 1. The fourth-order valence-corrected chi connectivity index (χ4v) is 3.26. The van der Waals surface area contributed by atoms with Crippen molar-refractivity contribution in [3.63, 3.8) is 0 Å². The Labute approximate surface area is 181 Å². The number of alkyl halides is 4. The molecule has 0 aromatic carbocycles. The number of nitrogens with one attached hydrogen (secondary N) is 1. The molecule has 1 aliphatic heterocycles. The number of rotatable bonds is 8. The average Bonchev–Trinajstić information content (AvgIpc) is 3.09. The van der Waals surface area contributed by atoms with Gasteiger partial charge >= 0.3 is 12.3 Å². The summed E-state index contributed by atoms with van der Waals surface area (Å²) in [5.41, 5.74) is 1.99. The molecule has 11 heteroatoms. The molecule has 1 N–H and O–H groups in total. The van der Waals surface area contributed by atoms with Gasteiger partial charge in [0.15, 0.2) is 6.61 Å². The van der Waals surface area contributed by atoms with Crippen LogP contribution in [0.3, 0.4) is 0 Å². The van der Waals surface area contributed by atoms with Crippen LogP contribution in [0, 0.1) is 6.92 Å². The second kappa shape index (κ2) is 9.09. The first-order chi connectivity index (χ1) is 15.0. The van der Waals surface area contributed by atoms with Crippen molar-refractivity contribution in [3.05, 3.63) is 46.8 Å². The SMILES string of the molecule is CCC(=O)Nc1nccc2c1CN(C(C)c1cnc(OCC(F)(F)C(F)F)c(C)c1)C2=O. The highest BCUT2D eigenvalue weighted by atomic mass is 19.3. The van der Waals surface area contributed by atoms with Gasteiger partial charge in [0.05, 0.1) is 12.6 Å². The lowest BCUT2D eigenvalue weighted by Gasteiger charge is -2.25. The smallest absolute Gasteiger partial charge is 0.340 e. The molecular formula is C21H22F4N4O3. The van der Waals surface area contributed by atoms with E-state index in [-0.39, 0.29) is 30.7 Å². The molecule has 0 saturated heterocycles. The first-order valence-corrected chi connectivity index (χ1v) is 9.89. The van der Waals surface area contributed by atoms with E-state index in [0.717, 1.165) is 0 Å². The summed E-state index contributed by atoms with van der Waals surface area (Å²) in [6.07, 6.45) is -0.779. The van der Waals surface area contributed by atoms with Crippen LogP contribution in [0.1, 0.15) is 53.4 Å². The van der Waals surface area contributed by atoms with E-state index in [0.29, 0.717) is 28.1 Å². The molecule has 0 bridgehead atoms. The van der Waals surface area contributed by atoms with Crippen LogP contribution in [-0.2, 0) is 11.3 Å². The third kappa shape index (κ3) is 4.66. The summed E-state index contributed by atoms with van der Waals surface area (Å²) >= 11 is 0. The standard InChI is InChI=1S/C21H22F4N4O3/c1-4-16(30)28-17-15-9-29(19(31)14(15)5-6-26-17)12(3)13-7-11(2)18(27-8-13)32-10-21(24,25)20(22)23/h5-8,12,20H,4,9-10H2,1-3H3,(H,26,28,30). The molecule has 0 spiro atoms. The number of halogens is 4. The lowest BCUT2D eigenvalue weighted by atomic mass is 10.1. The number of nitrogens with zero attached hydrogens (tertiary/aromatic N) is 3. The average molecular weight is 454 g/mol. The maximum atomic E-state index is 13.1. The highest BCUT2D eigenvalue weighted by Gasteiger charge is 2.42. The van der Waals surface area contributed by atoms with E-state index in [4.69, 9.17) is 4.74 Å². The monoisotopic (exact) mass is 454 g/mol. The van der Waals surface area contributed by atoms with E-state index < -0.39 is 25.0 Å². The van der Waals surface area contributed by atoms with Crippen molar-refractivity contribution in [2.24, 2.45) is 0 Å². The van der Waals surface area contributed by atoms with Crippen molar-refractivity contribution >= 4 is 17.6 Å². The third-order valence-corrected chi connectivity index (χ3v) is 5.18. The van der Waals surface area contributed by atoms with Crippen LogP contribution in [-0.4, -0.2) is 45.6 Å². The molecule has 1 aliphatic rings. The summed E-state index contributed by atoms with van der Waals surface area (Å²) in [5, 5.41) is 2.69. The molecule has 1 atom stereocenters. The Morgan fingerprint density at radius 3 is 2.69 bits per heavy atom. The predicted octanol–water partition coefficient (Wildman–Crippen LogP) is 4.13. The van der Waals surface area contributed by atoms with Gasteiger partial charge in [0.25, 0.3) is 5.91 Å². The zero-order valence-electron chi connectivity index (χ0n) is 17.7. The summed E-state index contributed by atoms with van der Waals surface area (Å²) in [5.74, 6) is -4.62. The Kier molecular flexibility index (Phi) is 6.65. The van der Waals surface area contributed by atoms with Gasteiger partial charge in [0, 0.05) is 35.5 Å². The summed E-state index contributed by atoms with van der Waals surface area (Å²) in [7, 11) is 0. The largest absolute Gasteiger partial charge is 0.471 e. The van der Waals surface area contributed by atoms with E-state index >= 15 is 0 Å². The molecule has 7 nitrogen and oxygen atoms in total. The minimum absolute atomic E-state index is 0.189. The van der Waals surface area contributed by atoms with Gasteiger partial charge in [-0.05, 0) is 31.5 Å². The second-order valence-corrected chi connectivity index (χ2v) is 7.44. The summed E-state index contributed by atoms with van der Waals surface area (Å²) in [6, 6.07) is 2.73. The first-order valence-electron chi connectivity index (χ1n) is 9.89. The number of carbonyl (C=O) groups excluding carboxylic acids is 2. The van der Waals surface area contributed by atoms with Crippen LogP contribution in [0.5, 0.6) is 5.88 Å². The molecule has 2 aromatic heterocycles. The highest BCUT2D eigenvalue weighted by molar-refractivity contribution is 6.01. The molecule has 2 aromatic rings. The van der Waals surface area contributed by atoms with Gasteiger partial charge in [0.2, 0.25) is 11.8 Å². The van der Waals surface area contributed by atoms with Crippen molar-refractivity contribution < 1.29 is 31.9 Å². The number of amides is 2. The molecule has 172 valence electrons. The molecule has 3 rings (SSSR count). The molecule has 0 saturated carbocycles. The molecule has 0 radical (unpaired) electrons. The lowest BCUT2D eigenvalue weighted by molar-refractivity contribution is -0.148. The van der Waals surface area contributed by atoms with Crippen LogP contribution in [0.15, 0.2) is 24.5 Å². The number of carbonyl (C=O) groups is 2. The molecule has 3 heterocycles. The molecule has 2 amide bonds. The number of ether oxygens (including phenoxy) is 1. The van der Waals surface area contributed by atoms with Crippen LogP contribution in [0.2, 0.25) is 0 Å². The van der Waals surface area contributed by atoms with Gasteiger partial charge in [-0.3, -0.25) is 9.59 Å². The van der Waals surface area contributed by atoms with Crippen molar-refractivity contribution in [1.82, 2.24) is 14.9 Å². The third-order valence-electron chi connectivity index (χ3n) is 5.18. The van der Waals surface area contributed by atoms with Gasteiger partial charge in [-0.2, -0.15) is 8.78 Å². The number of aromatic nitrogens is 2. The zero-order valence-corrected chi connectivity index (χ0v) is 17.7. The van der Waals surface area contributed by atoms with Crippen molar-refractivity contribution in [2.75, 3.05) is 11.9 Å². The van der Waals surface area contributed by atoms with Crippen LogP contribution in [0.25, 0.3) is 0 Å². The van der Waals surface area contributed by atoms with Crippen LogP contribution >= 0.6 is 0 Å². The van der Waals surface area contributed by atoms with E-state index in [1.807, 2.05) is 0 Å². The Morgan fingerprint density at radius 2 is 2.06 bits per heavy atom. The first kappa shape index (κ1) is 23.4. The van der Waals surface area contributed by atoms with Crippen molar-refractivity contribution in [3.8, 4) is 5.88 Å². The number of anilines is 1. The van der Waals surface area contributed by atoms with Gasteiger partial charge in [-0.25, -0.2) is 18.7 Å². The molecule has 0 fully saturated rings. The van der Waals surface area contributed by atoms with Crippen molar-refractivity contribution in [1.29, 1.82) is 0 Å². The van der Waals surface area contributed by atoms with Crippen molar-refractivity contribution in [2.45, 2.75) is 52.1 Å². The van der Waals surface area contributed by atoms with E-state index in [1.54, 1.807) is 37.8 Å². The quantitative estimate of drug-likeness (QED) is 0.607. The molecule has 1 unspecified atom stereocenters. The van der Waals surface area contributed by atoms with Crippen LogP contribution < -0.4 is 10.1 Å². The predicted molar refractivity (Wildman–Crippen MR) is 107 cm³/mol. The lowest BCUT2D eigenvalue weighted by Crippen LogP contribution is -2.34. The Morgan fingerprint density at radius 1 is 1.34 bits per heavy atom. The Bertz CT molecular complexity index is 1030. The Hall–Kier alpha value is -3.24. The fraction of sp³-hybridized carbons (Fsp3) is 0.429. The Balaban J connectivity index is 1.77. The maximum Gasteiger partial charge on any atom is 0.340 e. The topological polar surface area (TPSA) is 84.4 Å². The minimum atomic E-state index is -4.28. The molecule has 32 heavy (non-hydrogen) atoms. The maximum absolute atomic E-state index is 13.1.